The van der Waals surface area contributed by atoms with Crippen molar-refractivity contribution in [3.05, 3.63) is 102 Å². The molecule has 0 fully saturated rings. The molecule has 1 amide bonds. The number of pyridine rings is 2. The van der Waals surface area contributed by atoms with E-state index >= 15 is 0 Å². The Bertz CT molecular complexity index is 1480. The molecular weight excluding hydrogens is 428 g/mol. The highest BCUT2D eigenvalue weighted by Crippen LogP contribution is 2.32. The summed E-state index contributed by atoms with van der Waals surface area (Å²) in [5.41, 5.74) is 4.88. The number of aromatic nitrogens is 5. The number of hydrogen-bond acceptors (Lipinski definition) is 6. The molecule has 0 bridgehead atoms. The first-order valence-corrected chi connectivity index (χ1v) is 10.8. The molecule has 1 N–H and O–H groups in total. The number of carbonyl (C=O) groups excluding carboxylic acids is 1. The van der Waals surface area contributed by atoms with E-state index in [0.29, 0.717) is 23.6 Å². The predicted octanol–water partition coefficient (Wildman–Crippen LogP) is 4.55. The molecule has 0 spiro atoms. The maximum atomic E-state index is 12.8. The molecule has 8 nitrogen and oxygen atoms in total. The van der Waals surface area contributed by atoms with Gasteiger partial charge in [0.25, 0.3) is 5.91 Å². The minimum absolute atomic E-state index is 0.160. The molecule has 3 aromatic heterocycles. The van der Waals surface area contributed by atoms with Gasteiger partial charge in [-0.15, -0.1) is 5.10 Å². The monoisotopic (exact) mass is 450 g/mol. The van der Waals surface area contributed by atoms with Gasteiger partial charge in [-0.2, -0.15) is 0 Å². The van der Waals surface area contributed by atoms with E-state index in [0.717, 1.165) is 33.4 Å². The molecule has 8 heteroatoms. The Morgan fingerprint density at radius 1 is 1.00 bits per heavy atom. The van der Waals surface area contributed by atoms with Crippen LogP contribution in [-0.2, 0) is 6.54 Å². The summed E-state index contributed by atoms with van der Waals surface area (Å²) in [6, 6.07) is 16.9. The highest BCUT2D eigenvalue weighted by atomic mass is 16.5. The first kappa shape index (κ1) is 21.3. The van der Waals surface area contributed by atoms with Gasteiger partial charge < -0.3 is 10.1 Å². The zero-order valence-corrected chi connectivity index (χ0v) is 18.8. The number of benzene rings is 2. The lowest BCUT2D eigenvalue weighted by atomic mass is 10.1. The van der Waals surface area contributed by atoms with Gasteiger partial charge in [0.05, 0.1) is 23.1 Å². The molecule has 0 saturated heterocycles. The Morgan fingerprint density at radius 2 is 1.85 bits per heavy atom. The second-order valence-corrected chi connectivity index (χ2v) is 7.87. The second-order valence-electron chi connectivity index (χ2n) is 7.87. The van der Waals surface area contributed by atoms with Crippen LogP contribution in [0.15, 0.2) is 79.4 Å². The fourth-order valence-electron chi connectivity index (χ4n) is 3.74. The molecule has 2 aromatic carbocycles. The van der Waals surface area contributed by atoms with Gasteiger partial charge in [-0.05, 0) is 67.9 Å². The number of rotatable bonds is 6. The summed E-state index contributed by atoms with van der Waals surface area (Å²) in [4.78, 5) is 21.3. The maximum absolute atomic E-state index is 12.8. The molecule has 0 saturated carbocycles. The highest BCUT2D eigenvalue weighted by molar-refractivity contribution is 5.96. The zero-order valence-electron chi connectivity index (χ0n) is 18.8. The first-order chi connectivity index (χ1) is 16.6. The average Bonchev–Trinajstić information content (AvgIpc) is 3.30. The largest absolute Gasteiger partial charge is 0.456 e. The lowest BCUT2D eigenvalue weighted by Gasteiger charge is -2.14. The van der Waals surface area contributed by atoms with E-state index in [4.69, 9.17) is 4.74 Å². The van der Waals surface area contributed by atoms with E-state index in [9.17, 15) is 4.79 Å². The summed E-state index contributed by atoms with van der Waals surface area (Å²) in [5, 5.41) is 11.9. The van der Waals surface area contributed by atoms with Crippen LogP contribution >= 0.6 is 0 Å². The lowest BCUT2D eigenvalue weighted by molar-refractivity contribution is 0.0950. The lowest BCUT2D eigenvalue weighted by Crippen LogP contribution is -2.23. The smallest absolute Gasteiger partial charge is 0.251 e. The summed E-state index contributed by atoms with van der Waals surface area (Å²) in [5.74, 6) is 1.11. The summed E-state index contributed by atoms with van der Waals surface area (Å²) >= 11 is 0. The Labute approximate surface area is 196 Å². The Balaban J connectivity index is 1.40. The number of nitrogens with one attached hydrogen (secondary N) is 1. The van der Waals surface area contributed by atoms with E-state index < -0.39 is 0 Å². The van der Waals surface area contributed by atoms with Crippen LogP contribution in [0.3, 0.4) is 0 Å². The molecule has 0 aliphatic carbocycles. The average molecular weight is 451 g/mol. The van der Waals surface area contributed by atoms with Gasteiger partial charge >= 0.3 is 0 Å². The van der Waals surface area contributed by atoms with Gasteiger partial charge in [0, 0.05) is 41.6 Å². The fraction of sp³-hybridized carbons (Fsp3) is 0.115. The molecule has 0 unspecified atom stereocenters. The molecule has 168 valence electrons. The van der Waals surface area contributed by atoms with Gasteiger partial charge in [0.1, 0.15) is 11.5 Å². The summed E-state index contributed by atoms with van der Waals surface area (Å²) in [6.45, 7) is 4.25. The molecule has 0 aliphatic heterocycles. The fourth-order valence-corrected chi connectivity index (χ4v) is 3.74. The normalized spacial score (nSPS) is 10.9. The molecule has 0 atom stereocenters. The van der Waals surface area contributed by atoms with Crippen molar-refractivity contribution in [1.29, 1.82) is 0 Å². The minimum Gasteiger partial charge on any atom is -0.456 e. The van der Waals surface area contributed by atoms with Crippen molar-refractivity contribution in [2.75, 3.05) is 0 Å². The number of fused-ring (bicyclic) bond motifs is 1. The van der Waals surface area contributed by atoms with Crippen molar-refractivity contribution in [1.82, 2.24) is 30.3 Å². The van der Waals surface area contributed by atoms with Crippen LogP contribution in [-0.4, -0.2) is 30.9 Å². The highest BCUT2D eigenvalue weighted by Gasteiger charge is 2.14. The van der Waals surface area contributed by atoms with Crippen LogP contribution in [0.5, 0.6) is 11.5 Å². The van der Waals surface area contributed by atoms with E-state index in [-0.39, 0.29) is 5.91 Å². The number of ether oxygens (including phenoxy) is 1. The third kappa shape index (κ3) is 4.21. The standard InChI is InChI=1S/C26H22N6O2/c1-17-15-30-31-32(17)20-6-7-22-23(14-20)28-13-10-25(22)34-24-5-3-4-21(18(24)2)26(33)29-16-19-8-11-27-12-9-19/h3-15H,16H2,1-2H3,(H,29,33). The van der Waals surface area contributed by atoms with Crippen molar-refractivity contribution in [2.45, 2.75) is 20.4 Å². The molecule has 5 aromatic rings. The second kappa shape index (κ2) is 9.11. The van der Waals surface area contributed by atoms with Crippen molar-refractivity contribution < 1.29 is 9.53 Å². The van der Waals surface area contributed by atoms with Crippen molar-refractivity contribution >= 4 is 16.8 Å². The van der Waals surface area contributed by atoms with Crippen LogP contribution in [0.25, 0.3) is 16.6 Å². The predicted molar refractivity (Wildman–Crippen MR) is 128 cm³/mol. The van der Waals surface area contributed by atoms with Crippen LogP contribution in [0.1, 0.15) is 27.2 Å². The zero-order chi connectivity index (χ0) is 23.5. The first-order valence-electron chi connectivity index (χ1n) is 10.8. The van der Waals surface area contributed by atoms with Crippen LogP contribution < -0.4 is 10.1 Å². The van der Waals surface area contributed by atoms with Gasteiger partial charge in [0.15, 0.2) is 0 Å². The number of aryl methyl sites for hydroxylation is 1. The number of carbonyl (C=O) groups is 1. The van der Waals surface area contributed by atoms with Crippen LogP contribution in [0.4, 0.5) is 0 Å². The van der Waals surface area contributed by atoms with Gasteiger partial charge in [-0.1, -0.05) is 11.3 Å². The summed E-state index contributed by atoms with van der Waals surface area (Å²) in [6.07, 6.45) is 6.82. The van der Waals surface area contributed by atoms with E-state index in [1.807, 2.05) is 62.4 Å². The number of nitrogens with zero attached hydrogens (tertiary/aromatic N) is 5. The maximum Gasteiger partial charge on any atom is 0.251 e. The topological polar surface area (TPSA) is 94.8 Å². The third-order valence-electron chi connectivity index (χ3n) is 5.60. The minimum atomic E-state index is -0.160. The SMILES string of the molecule is Cc1c(Oc2ccnc3cc(-n4nncc4C)ccc23)cccc1C(=O)NCc1ccncc1. The molecule has 5 rings (SSSR count). The molecular formula is C26H22N6O2. The Morgan fingerprint density at radius 3 is 2.65 bits per heavy atom. The van der Waals surface area contributed by atoms with Crippen LogP contribution in [0, 0.1) is 13.8 Å². The molecule has 34 heavy (non-hydrogen) atoms. The Hall–Kier alpha value is -4.59. The third-order valence-corrected chi connectivity index (χ3v) is 5.60. The summed E-state index contributed by atoms with van der Waals surface area (Å²) < 4.78 is 8.02. The van der Waals surface area contributed by atoms with Crippen molar-refractivity contribution in [3.63, 3.8) is 0 Å². The molecule has 3 heterocycles. The van der Waals surface area contributed by atoms with E-state index in [1.54, 1.807) is 35.5 Å². The van der Waals surface area contributed by atoms with Gasteiger partial charge in [-0.3, -0.25) is 14.8 Å². The van der Waals surface area contributed by atoms with Gasteiger partial charge in [0.2, 0.25) is 0 Å². The molecule has 0 radical (unpaired) electrons. The van der Waals surface area contributed by atoms with Crippen molar-refractivity contribution in [2.24, 2.45) is 0 Å². The summed E-state index contributed by atoms with van der Waals surface area (Å²) in [7, 11) is 0. The Kier molecular flexibility index (Phi) is 5.70. The van der Waals surface area contributed by atoms with Crippen LogP contribution in [0.2, 0.25) is 0 Å². The van der Waals surface area contributed by atoms with Gasteiger partial charge in [-0.25, -0.2) is 4.68 Å². The van der Waals surface area contributed by atoms with E-state index in [1.165, 1.54) is 0 Å². The van der Waals surface area contributed by atoms with E-state index in [2.05, 4.69) is 25.6 Å². The number of amides is 1. The quantitative estimate of drug-likeness (QED) is 0.408. The van der Waals surface area contributed by atoms with Crippen molar-refractivity contribution in [3.8, 4) is 17.2 Å². The molecule has 0 aliphatic rings. The number of hydrogen-bond donors (Lipinski definition) is 1.